The summed E-state index contributed by atoms with van der Waals surface area (Å²) >= 11 is 5.68. The van der Waals surface area contributed by atoms with Gasteiger partial charge in [-0.05, 0) is 11.6 Å². The third-order valence-corrected chi connectivity index (χ3v) is 3.64. The number of ketones is 1. The number of benzene rings is 1. The fourth-order valence-electron chi connectivity index (χ4n) is 2.45. The Morgan fingerprint density at radius 2 is 1.86 bits per heavy atom. The van der Waals surface area contributed by atoms with Gasteiger partial charge in [0.2, 0.25) is 5.78 Å². The van der Waals surface area contributed by atoms with Gasteiger partial charge in [0, 0.05) is 6.07 Å². The summed E-state index contributed by atoms with van der Waals surface area (Å²) in [6.07, 6.45) is 1.72. The van der Waals surface area contributed by atoms with Crippen LogP contribution in [0.2, 0.25) is 0 Å². The molecular formula is C16H14ClN2O2+. The molecule has 106 valence electrons. The molecule has 2 aromatic heterocycles. The molecule has 0 unspecified atom stereocenters. The van der Waals surface area contributed by atoms with Crippen LogP contribution >= 0.6 is 11.6 Å². The van der Waals surface area contributed by atoms with Gasteiger partial charge in [-0.15, -0.1) is 11.6 Å². The zero-order valence-electron chi connectivity index (χ0n) is 11.2. The lowest BCUT2D eigenvalue weighted by atomic mass is 10.2. The number of Topliss-reactive ketones (excluding diaryl/α,β-unsaturated/α-hetero) is 1. The fraction of sp³-hybridized carbons (Fsp3) is 0.125. The average Bonchev–Trinajstić information content (AvgIpc) is 2.81. The summed E-state index contributed by atoms with van der Waals surface area (Å²) in [4.78, 5) is 12.1. The summed E-state index contributed by atoms with van der Waals surface area (Å²) in [7, 11) is 0. The Kier molecular flexibility index (Phi) is 3.62. The molecule has 5 heteroatoms. The van der Waals surface area contributed by atoms with Crippen LogP contribution in [0.3, 0.4) is 0 Å². The number of hydrogen-bond donors (Lipinski definition) is 1. The number of hydrogen-bond acceptors (Lipinski definition) is 2. The van der Waals surface area contributed by atoms with E-state index >= 15 is 0 Å². The van der Waals surface area contributed by atoms with Gasteiger partial charge in [0.1, 0.15) is 6.54 Å². The van der Waals surface area contributed by atoms with Crippen molar-refractivity contribution in [1.29, 1.82) is 0 Å². The molecule has 4 nitrogen and oxygen atoms in total. The van der Waals surface area contributed by atoms with Gasteiger partial charge in [-0.25, -0.2) is 4.57 Å². The lowest BCUT2D eigenvalue weighted by molar-refractivity contribution is -0.521. The third kappa shape index (κ3) is 2.38. The molecule has 0 amide bonds. The van der Waals surface area contributed by atoms with Crippen LogP contribution in [0, 0.1) is 0 Å². The van der Waals surface area contributed by atoms with Gasteiger partial charge in [0.15, 0.2) is 0 Å². The van der Waals surface area contributed by atoms with Gasteiger partial charge in [-0.3, -0.25) is 4.79 Å². The molecule has 0 fully saturated rings. The Bertz CT molecular complexity index is 797. The summed E-state index contributed by atoms with van der Waals surface area (Å²) in [5, 5.41) is 10.3. The SMILES string of the molecule is O=C(CCl)c1c(O)[n+]2ccccc2n1Cc1ccccc1. The van der Waals surface area contributed by atoms with Crippen molar-refractivity contribution in [2.75, 3.05) is 5.88 Å². The largest absolute Gasteiger partial charge is 0.474 e. The number of rotatable bonds is 4. The number of aromatic hydroxyl groups is 1. The van der Waals surface area contributed by atoms with E-state index in [-0.39, 0.29) is 23.2 Å². The number of pyridine rings is 1. The van der Waals surface area contributed by atoms with E-state index in [0.29, 0.717) is 6.54 Å². The van der Waals surface area contributed by atoms with Crippen molar-refractivity contribution in [3.05, 3.63) is 66.0 Å². The average molecular weight is 302 g/mol. The van der Waals surface area contributed by atoms with Crippen molar-refractivity contribution in [2.24, 2.45) is 0 Å². The highest BCUT2D eigenvalue weighted by molar-refractivity contribution is 6.30. The van der Waals surface area contributed by atoms with E-state index in [0.717, 1.165) is 11.2 Å². The highest BCUT2D eigenvalue weighted by Gasteiger charge is 2.30. The van der Waals surface area contributed by atoms with Crippen LogP contribution in [0.25, 0.3) is 5.65 Å². The molecule has 0 spiro atoms. The predicted molar refractivity (Wildman–Crippen MR) is 79.9 cm³/mol. The molecule has 0 atom stereocenters. The number of carbonyl (C=O) groups is 1. The Balaban J connectivity index is 2.21. The summed E-state index contributed by atoms with van der Waals surface area (Å²) in [6.45, 7) is 0.493. The standard InChI is InChI=1S/C16H13ClN2O2/c17-10-13(20)15-16(21)18-9-5-4-8-14(18)19(15)11-12-6-2-1-3-7-12/h1-9H,10-11H2/p+1. The van der Waals surface area contributed by atoms with Crippen LogP contribution in [0.1, 0.15) is 16.1 Å². The van der Waals surface area contributed by atoms with Crippen molar-refractivity contribution in [1.82, 2.24) is 4.57 Å². The number of nitrogens with zero attached hydrogens (tertiary/aromatic N) is 2. The molecule has 3 aromatic rings. The van der Waals surface area contributed by atoms with Gasteiger partial charge < -0.3 is 5.11 Å². The number of halogens is 1. The first-order chi connectivity index (χ1) is 10.2. The zero-order chi connectivity index (χ0) is 14.8. The fourth-order valence-corrected chi connectivity index (χ4v) is 2.57. The minimum Gasteiger partial charge on any atom is -0.474 e. The van der Waals surface area contributed by atoms with E-state index in [2.05, 4.69) is 0 Å². The summed E-state index contributed by atoms with van der Waals surface area (Å²) < 4.78 is 3.37. The van der Waals surface area contributed by atoms with E-state index in [4.69, 9.17) is 11.6 Å². The predicted octanol–water partition coefficient (Wildman–Crippen LogP) is 2.40. The van der Waals surface area contributed by atoms with Crippen molar-refractivity contribution >= 4 is 23.0 Å². The van der Waals surface area contributed by atoms with Crippen LogP contribution in [0.4, 0.5) is 0 Å². The van der Waals surface area contributed by atoms with Crippen molar-refractivity contribution < 1.29 is 14.3 Å². The van der Waals surface area contributed by atoms with E-state index in [1.165, 1.54) is 0 Å². The quantitative estimate of drug-likeness (QED) is 0.457. The normalized spacial score (nSPS) is 10.9. The minimum absolute atomic E-state index is 0.0767. The second-order valence-corrected chi connectivity index (χ2v) is 5.00. The maximum Gasteiger partial charge on any atom is 0.339 e. The Labute approximate surface area is 126 Å². The molecule has 0 radical (unpaired) electrons. The molecule has 2 heterocycles. The van der Waals surface area contributed by atoms with Gasteiger partial charge in [-0.2, -0.15) is 4.40 Å². The van der Waals surface area contributed by atoms with E-state index in [1.807, 2.05) is 42.5 Å². The maximum atomic E-state index is 12.1. The number of aromatic nitrogens is 2. The summed E-state index contributed by atoms with van der Waals surface area (Å²) in [5.41, 5.74) is 2.02. The molecule has 1 N–H and O–H groups in total. The molecule has 0 aliphatic heterocycles. The van der Waals surface area contributed by atoms with E-state index in [1.54, 1.807) is 21.2 Å². The highest BCUT2D eigenvalue weighted by Crippen LogP contribution is 2.20. The second-order valence-electron chi connectivity index (χ2n) is 4.73. The molecular weight excluding hydrogens is 288 g/mol. The number of fused-ring (bicyclic) bond motifs is 1. The lowest BCUT2D eigenvalue weighted by Gasteiger charge is -2.01. The van der Waals surface area contributed by atoms with Crippen molar-refractivity contribution in [2.45, 2.75) is 6.54 Å². The molecule has 21 heavy (non-hydrogen) atoms. The molecule has 3 rings (SSSR count). The van der Waals surface area contributed by atoms with Crippen LogP contribution in [-0.4, -0.2) is 21.3 Å². The first kappa shape index (κ1) is 13.6. The first-order valence-electron chi connectivity index (χ1n) is 6.57. The molecule has 0 aliphatic carbocycles. The Hall–Kier alpha value is -2.33. The van der Waals surface area contributed by atoms with Crippen molar-refractivity contribution in [3.63, 3.8) is 0 Å². The molecule has 0 saturated carbocycles. The van der Waals surface area contributed by atoms with Crippen LogP contribution in [0.15, 0.2) is 54.7 Å². The summed E-state index contributed by atoms with van der Waals surface area (Å²) in [6, 6.07) is 15.3. The Morgan fingerprint density at radius 3 is 2.57 bits per heavy atom. The van der Waals surface area contributed by atoms with E-state index < -0.39 is 0 Å². The molecule has 0 saturated heterocycles. The number of imidazole rings is 1. The maximum absolute atomic E-state index is 12.1. The van der Waals surface area contributed by atoms with Crippen LogP contribution in [0.5, 0.6) is 5.88 Å². The van der Waals surface area contributed by atoms with Gasteiger partial charge in [0.25, 0.3) is 11.3 Å². The highest BCUT2D eigenvalue weighted by atomic mass is 35.5. The zero-order valence-corrected chi connectivity index (χ0v) is 12.0. The molecule has 1 aromatic carbocycles. The van der Waals surface area contributed by atoms with Gasteiger partial charge in [0.05, 0.1) is 12.1 Å². The lowest BCUT2D eigenvalue weighted by Crippen LogP contribution is -2.19. The topological polar surface area (TPSA) is 46.3 Å². The monoisotopic (exact) mass is 301 g/mol. The smallest absolute Gasteiger partial charge is 0.339 e. The summed E-state index contributed by atoms with van der Waals surface area (Å²) in [5.74, 6) is -0.542. The van der Waals surface area contributed by atoms with Crippen molar-refractivity contribution in [3.8, 4) is 5.88 Å². The number of alkyl halides is 1. The van der Waals surface area contributed by atoms with Crippen LogP contribution < -0.4 is 4.40 Å². The second kappa shape index (κ2) is 5.58. The third-order valence-electron chi connectivity index (χ3n) is 3.39. The first-order valence-corrected chi connectivity index (χ1v) is 7.10. The minimum atomic E-state index is -0.297. The molecule has 0 aliphatic rings. The molecule has 0 bridgehead atoms. The van der Waals surface area contributed by atoms with Crippen LogP contribution in [-0.2, 0) is 6.54 Å². The number of carbonyl (C=O) groups excluding carboxylic acids is 1. The Morgan fingerprint density at radius 1 is 1.14 bits per heavy atom. The van der Waals surface area contributed by atoms with Gasteiger partial charge in [-0.1, -0.05) is 36.4 Å². The van der Waals surface area contributed by atoms with E-state index in [9.17, 15) is 9.90 Å². The van der Waals surface area contributed by atoms with Gasteiger partial charge >= 0.3 is 5.88 Å².